The minimum Gasteiger partial charge on any atom is -0.322 e. The molecule has 1 aromatic carbocycles. The predicted octanol–water partition coefficient (Wildman–Crippen LogP) is 1.99. The van der Waals surface area contributed by atoms with Gasteiger partial charge in [-0.3, -0.25) is 14.5 Å². The Morgan fingerprint density at radius 2 is 2.18 bits per heavy atom. The number of carbonyl (C=O) groups is 2. The van der Waals surface area contributed by atoms with E-state index in [1.165, 1.54) is 4.90 Å². The number of hydrogen-bond acceptors (Lipinski definition) is 2. The Morgan fingerprint density at radius 1 is 1.47 bits per heavy atom. The van der Waals surface area contributed by atoms with E-state index in [-0.39, 0.29) is 17.7 Å². The van der Waals surface area contributed by atoms with Gasteiger partial charge in [0.15, 0.2) is 0 Å². The molecule has 90 valence electrons. The quantitative estimate of drug-likeness (QED) is 0.819. The number of halogens is 1. The Hall–Kier alpha value is -1.55. The summed E-state index contributed by atoms with van der Waals surface area (Å²) in [4.78, 5) is 25.2. The van der Waals surface area contributed by atoms with Gasteiger partial charge in [-0.1, -0.05) is 19.1 Å². The summed E-state index contributed by atoms with van der Waals surface area (Å²) in [6, 6.07) is 6.75. The zero-order valence-corrected chi connectivity index (χ0v) is 10.2. The Kier molecular flexibility index (Phi) is 3.33. The summed E-state index contributed by atoms with van der Waals surface area (Å²) in [5.41, 5.74) is 1.37. The van der Waals surface area contributed by atoms with Crippen LogP contribution in [0.15, 0.2) is 24.3 Å². The summed E-state index contributed by atoms with van der Waals surface area (Å²) >= 11 is 5.60. The number of carbonyl (C=O) groups excluding carboxylic acids is 2. The molecule has 0 unspecified atom stereocenters. The van der Waals surface area contributed by atoms with Crippen molar-refractivity contribution in [3.05, 3.63) is 24.3 Å². The molecule has 0 bridgehead atoms. The molecule has 1 N–H and O–H groups in total. The van der Waals surface area contributed by atoms with Crippen LogP contribution < -0.4 is 10.2 Å². The van der Waals surface area contributed by atoms with Gasteiger partial charge >= 0.3 is 0 Å². The van der Waals surface area contributed by atoms with Crippen LogP contribution in [-0.4, -0.2) is 23.7 Å². The van der Waals surface area contributed by atoms with Crippen molar-refractivity contribution < 1.29 is 9.59 Å². The third-order valence-electron chi connectivity index (χ3n) is 2.81. The molecule has 0 aliphatic carbocycles. The standard InChI is InChI=1S/C12H13ClN2O2/c1-2-9-12(17)14-8-5-3-4-6-10(8)15(9)11(16)7-13/h3-6,9H,2,7H2,1H3,(H,14,17)/t9-/m1/s1. The fraction of sp³-hybridized carbons (Fsp3) is 0.333. The van der Waals surface area contributed by atoms with Crippen molar-refractivity contribution in [2.75, 3.05) is 16.1 Å². The molecule has 4 nitrogen and oxygen atoms in total. The molecule has 0 aromatic heterocycles. The summed E-state index contributed by atoms with van der Waals surface area (Å²) in [7, 11) is 0. The first kappa shape index (κ1) is 11.9. The molecule has 0 spiro atoms. The summed E-state index contributed by atoms with van der Waals surface area (Å²) in [5.74, 6) is -0.538. The van der Waals surface area contributed by atoms with Gasteiger partial charge in [-0.25, -0.2) is 0 Å². The molecule has 1 atom stereocenters. The average Bonchev–Trinajstić information content (AvgIpc) is 2.36. The molecule has 0 fully saturated rings. The lowest BCUT2D eigenvalue weighted by molar-refractivity contribution is -0.122. The van der Waals surface area contributed by atoms with Gasteiger partial charge in [0.2, 0.25) is 11.8 Å². The van der Waals surface area contributed by atoms with Crippen LogP contribution in [0.4, 0.5) is 11.4 Å². The van der Waals surface area contributed by atoms with E-state index in [0.717, 1.165) is 0 Å². The highest BCUT2D eigenvalue weighted by molar-refractivity contribution is 6.30. The van der Waals surface area contributed by atoms with E-state index in [4.69, 9.17) is 11.6 Å². The van der Waals surface area contributed by atoms with Crippen LogP contribution in [0.3, 0.4) is 0 Å². The van der Waals surface area contributed by atoms with E-state index in [1.807, 2.05) is 25.1 Å². The second-order valence-electron chi connectivity index (χ2n) is 3.83. The number of rotatable bonds is 2. The lowest BCUT2D eigenvalue weighted by Gasteiger charge is -2.35. The first-order chi connectivity index (χ1) is 8.19. The van der Waals surface area contributed by atoms with Crippen LogP contribution in [0, 0.1) is 0 Å². The van der Waals surface area contributed by atoms with Crippen LogP contribution in [-0.2, 0) is 9.59 Å². The molecule has 17 heavy (non-hydrogen) atoms. The van der Waals surface area contributed by atoms with Crippen LogP contribution >= 0.6 is 11.6 Å². The topological polar surface area (TPSA) is 49.4 Å². The lowest BCUT2D eigenvalue weighted by atomic mass is 10.1. The van der Waals surface area contributed by atoms with E-state index in [2.05, 4.69) is 5.32 Å². The highest BCUT2D eigenvalue weighted by Gasteiger charge is 2.34. The van der Waals surface area contributed by atoms with Crippen molar-refractivity contribution in [3.63, 3.8) is 0 Å². The van der Waals surface area contributed by atoms with E-state index < -0.39 is 6.04 Å². The number of hydrogen-bond donors (Lipinski definition) is 1. The SMILES string of the molecule is CC[C@@H]1C(=O)Nc2ccccc2N1C(=O)CCl. The van der Waals surface area contributed by atoms with Crippen molar-refractivity contribution in [1.82, 2.24) is 0 Å². The number of alkyl halides is 1. The van der Waals surface area contributed by atoms with Crippen LogP contribution in [0.1, 0.15) is 13.3 Å². The van der Waals surface area contributed by atoms with Crippen LogP contribution in [0.5, 0.6) is 0 Å². The van der Waals surface area contributed by atoms with E-state index in [1.54, 1.807) is 6.07 Å². The summed E-state index contributed by atoms with van der Waals surface area (Å²) < 4.78 is 0. The summed E-state index contributed by atoms with van der Waals surface area (Å²) in [6.45, 7) is 1.87. The molecule has 0 saturated heterocycles. The monoisotopic (exact) mass is 252 g/mol. The molecule has 0 saturated carbocycles. The number of nitrogens with zero attached hydrogens (tertiary/aromatic N) is 1. The number of para-hydroxylation sites is 2. The molecule has 1 aliphatic heterocycles. The smallest absolute Gasteiger partial charge is 0.247 e. The average molecular weight is 253 g/mol. The summed E-state index contributed by atoms with van der Waals surface area (Å²) in [5, 5.41) is 2.79. The third-order valence-corrected chi connectivity index (χ3v) is 3.03. The fourth-order valence-electron chi connectivity index (χ4n) is 2.03. The zero-order valence-electron chi connectivity index (χ0n) is 9.44. The molecular weight excluding hydrogens is 240 g/mol. The van der Waals surface area contributed by atoms with Gasteiger partial charge in [-0.2, -0.15) is 0 Å². The van der Waals surface area contributed by atoms with E-state index in [9.17, 15) is 9.59 Å². The zero-order chi connectivity index (χ0) is 12.4. The molecule has 2 rings (SSSR count). The van der Waals surface area contributed by atoms with Crippen molar-refractivity contribution in [2.45, 2.75) is 19.4 Å². The largest absolute Gasteiger partial charge is 0.322 e. The fourth-order valence-corrected chi connectivity index (χ4v) is 2.16. The van der Waals surface area contributed by atoms with Gasteiger partial charge in [0.05, 0.1) is 11.4 Å². The highest BCUT2D eigenvalue weighted by atomic mass is 35.5. The molecule has 1 heterocycles. The maximum Gasteiger partial charge on any atom is 0.247 e. The van der Waals surface area contributed by atoms with Crippen molar-refractivity contribution in [1.29, 1.82) is 0 Å². The number of anilines is 2. The van der Waals surface area contributed by atoms with E-state index in [0.29, 0.717) is 17.8 Å². The van der Waals surface area contributed by atoms with E-state index >= 15 is 0 Å². The second kappa shape index (κ2) is 4.75. The van der Waals surface area contributed by atoms with Gasteiger partial charge in [-0.15, -0.1) is 11.6 Å². The molecule has 0 radical (unpaired) electrons. The lowest BCUT2D eigenvalue weighted by Crippen LogP contribution is -2.51. The van der Waals surface area contributed by atoms with Gasteiger partial charge in [-0.05, 0) is 18.6 Å². The Morgan fingerprint density at radius 3 is 2.82 bits per heavy atom. The maximum atomic E-state index is 11.9. The first-order valence-electron chi connectivity index (χ1n) is 5.47. The Labute approximate surface area is 105 Å². The van der Waals surface area contributed by atoms with Crippen molar-refractivity contribution in [3.8, 4) is 0 Å². The number of amides is 2. The first-order valence-corrected chi connectivity index (χ1v) is 6.00. The minimum atomic E-state index is -0.476. The predicted molar refractivity (Wildman–Crippen MR) is 67.4 cm³/mol. The second-order valence-corrected chi connectivity index (χ2v) is 4.10. The normalized spacial score (nSPS) is 18.6. The number of nitrogens with one attached hydrogen (secondary N) is 1. The molecule has 5 heteroatoms. The van der Waals surface area contributed by atoms with Gasteiger partial charge < -0.3 is 5.32 Å². The molecule has 2 amide bonds. The van der Waals surface area contributed by atoms with Crippen LogP contribution in [0.2, 0.25) is 0 Å². The summed E-state index contributed by atoms with van der Waals surface area (Å²) in [6.07, 6.45) is 0.558. The van der Waals surface area contributed by atoms with Gasteiger partial charge in [0, 0.05) is 0 Å². The van der Waals surface area contributed by atoms with Crippen molar-refractivity contribution >= 4 is 34.8 Å². The van der Waals surface area contributed by atoms with Gasteiger partial charge in [0.25, 0.3) is 0 Å². The number of fused-ring (bicyclic) bond motifs is 1. The molecule has 1 aromatic rings. The minimum absolute atomic E-state index is 0.127. The molecular formula is C12H13ClN2O2. The Balaban J connectivity index is 2.50. The molecule has 1 aliphatic rings. The van der Waals surface area contributed by atoms with Gasteiger partial charge in [0.1, 0.15) is 11.9 Å². The highest BCUT2D eigenvalue weighted by Crippen LogP contribution is 2.32. The van der Waals surface area contributed by atoms with Crippen LogP contribution in [0.25, 0.3) is 0 Å². The Bertz CT molecular complexity index is 462. The van der Waals surface area contributed by atoms with Crippen molar-refractivity contribution in [2.24, 2.45) is 0 Å². The number of benzene rings is 1. The third kappa shape index (κ3) is 2.00. The maximum absolute atomic E-state index is 11.9.